The van der Waals surface area contributed by atoms with Crippen LogP contribution in [-0.4, -0.2) is 37.0 Å². The summed E-state index contributed by atoms with van der Waals surface area (Å²) in [6.45, 7) is 5.56. The van der Waals surface area contributed by atoms with Crippen molar-refractivity contribution in [3.05, 3.63) is 35.9 Å². The molecular weight excluding hydrogens is 283 g/mol. The number of piperazine rings is 1. The van der Waals surface area contributed by atoms with Gasteiger partial charge in [0, 0.05) is 32.1 Å². The molecule has 1 aliphatic heterocycles. The first-order valence-electron chi connectivity index (χ1n) is 6.31. The molecule has 0 bridgehead atoms. The fourth-order valence-electron chi connectivity index (χ4n) is 2.25. The number of carbonyl (C=O) groups excluding carboxylic acids is 1. The Balaban J connectivity index is 0.00000162. The molecule has 1 saturated heterocycles. The zero-order valence-corrected chi connectivity index (χ0v) is 12.8. The van der Waals surface area contributed by atoms with Crippen molar-refractivity contribution in [2.75, 3.05) is 26.2 Å². The lowest BCUT2D eigenvalue weighted by Gasteiger charge is -2.29. The monoisotopic (exact) mass is 304 g/mol. The summed E-state index contributed by atoms with van der Waals surface area (Å²) in [5.41, 5.74) is 1.24. The first-order chi connectivity index (χ1) is 8.27. The largest absolute Gasteiger partial charge is 0.340 e. The van der Waals surface area contributed by atoms with Gasteiger partial charge in [-0.3, -0.25) is 4.79 Å². The van der Waals surface area contributed by atoms with Crippen molar-refractivity contribution in [1.29, 1.82) is 0 Å². The zero-order chi connectivity index (χ0) is 12.1. The third-order valence-corrected chi connectivity index (χ3v) is 3.23. The minimum Gasteiger partial charge on any atom is -0.340 e. The van der Waals surface area contributed by atoms with E-state index in [9.17, 15) is 4.79 Å². The molecule has 19 heavy (non-hydrogen) atoms. The maximum absolute atomic E-state index is 12.2. The molecule has 1 N–H and O–H groups in total. The molecule has 0 radical (unpaired) electrons. The van der Waals surface area contributed by atoms with Crippen molar-refractivity contribution in [2.45, 2.75) is 13.3 Å². The van der Waals surface area contributed by atoms with Crippen LogP contribution in [0.5, 0.6) is 0 Å². The number of nitrogens with one attached hydrogen (secondary N) is 1. The molecule has 1 amide bonds. The van der Waals surface area contributed by atoms with Gasteiger partial charge in [-0.15, -0.1) is 24.8 Å². The number of carbonyl (C=O) groups is 1. The maximum atomic E-state index is 12.2. The Morgan fingerprint density at radius 3 is 2.37 bits per heavy atom. The van der Waals surface area contributed by atoms with Gasteiger partial charge in [0.15, 0.2) is 0 Å². The summed E-state index contributed by atoms with van der Waals surface area (Å²) in [4.78, 5) is 14.2. The van der Waals surface area contributed by atoms with Gasteiger partial charge < -0.3 is 10.2 Å². The molecule has 0 saturated carbocycles. The molecule has 1 atom stereocenters. The van der Waals surface area contributed by atoms with Gasteiger partial charge in [-0.05, 0) is 12.0 Å². The molecule has 1 heterocycles. The van der Waals surface area contributed by atoms with E-state index in [0.29, 0.717) is 0 Å². The lowest BCUT2D eigenvalue weighted by molar-refractivity contribution is -0.135. The minimum absolute atomic E-state index is 0. The summed E-state index contributed by atoms with van der Waals surface area (Å²) < 4.78 is 0. The molecule has 0 aromatic heterocycles. The van der Waals surface area contributed by atoms with E-state index < -0.39 is 0 Å². The van der Waals surface area contributed by atoms with Crippen LogP contribution >= 0.6 is 24.8 Å². The summed E-state index contributed by atoms with van der Waals surface area (Å²) in [5.74, 6) is 0.367. The van der Waals surface area contributed by atoms with Crippen LogP contribution in [0.15, 0.2) is 30.3 Å². The second kappa shape index (κ2) is 9.18. The van der Waals surface area contributed by atoms with Crippen LogP contribution in [0.2, 0.25) is 0 Å². The van der Waals surface area contributed by atoms with Crippen molar-refractivity contribution in [2.24, 2.45) is 5.92 Å². The maximum Gasteiger partial charge on any atom is 0.225 e. The van der Waals surface area contributed by atoms with Gasteiger partial charge in [0.2, 0.25) is 5.91 Å². The van der Waals surface area contributed by atoms with Gasteiger partial charge >= 0.3 is 0 Å². The molecule has 1 fully saturated rings. The molecule has 3 nitrogen and oxygen atoms in total. The molecule has 0 spiro atoms. The summed E-state index contributed by atoms with van der Waals surface area (Å²) >= 11 is 0. The summed E-state index contributed by atoms with van der Waals surface area (Å²) in [5, 5.41) is 3.26. The fraction of sp³-hybridized carbons (Fsp3) is 0.500. The number of hydrogen-bond donors (Lipinski definition) is 1. The van der Waals surface area contributed by atoms with E-state index in [1.165, 1.54) is 5.56 Å². The Morgan fingerprint density at radius 2 is 1.79 bits per heavy atom. The molecule has 1 aliphatic rings. The molecule has 108 valence electrons. The van der Waals surface area contributed by atoms with Crippen molar-refractivity contribution >= 4 is 30.7 Å². The summed E-state index contributed by atoms with van der Waals surface area (Å²) in [6, 6.07) is 10.2. The Labute approximate surface area is 127 Å². The standard InChI is InChI=1S/C14H20N2O.2ClH/c1-12(11-13-5-3-2-4-6-13)14(17)16-9-7-15-8-10-16;;/h2-6,12,15H,7-11H2,1H3;2*1H. The van der Waals surface area contributed by atoms with Crippen LogP contribution in [0, 0.1) is 5.92 Å². The first-order valence-corrected chi connectivity index (χ1v) is 6.31. The lowest BCUT2D eigenvalue weighted by atomic mass is 9.99. The molecule has 5 heteroatoms. The van der Waals surface area contributed by atoms with E-state index in [0.717, 1.165) is 32.6 Å². The van der Waals surface area contributed by atoms with E-state index >= 15 is 0 Å². The Morgan fingerprint density at radius 1 is 1.21 bits per heavy atom. The molecule has 2 rings (SSSR count). The Kier molecular flexibility index (Phi) is 8.81. The summed E-state index contributed by atoms with van der Waals surface area (Å²) in [6.07, 6.45) is 0.837. The average Bonchev–Trinajstić information content (AvgIpc) is 2.40. The highest BCUT2D eigenvalue weighted by atomic mass is 35.5. The van der Waals surface area contributed by atoms with Crippen LogP contribution in [0.25, 0.3) is 0 Å². The number of nitrogens with zero attached hydrogens (tertiary/aromatic N) is 1. The van der Waals surface area contributed by atoms with E-state index in [1.54, 1.807) is 0 Å². The smallest absolute Gasteiger partial charge is 0.225 e. The number of hydrogen-bond acceptors (Lipinski definition) is 2. The number of rotatable bonds is 3. The quantitative estimate of drug-likeness (QED) is 0.928. The molecular formula is C14H22Cl2N2O. The highest BCUT2D eigenvalue weighted by Gasteiger charge is 2.21. The zero-order valence-electron chi connectivity index (χ0n) is 11.2. The first kappa shape index (κ1) is 18.2. The SMILES string of the molecule is CC(Cc1ccccc1)C(=O)N1CCNCC1.Cl.Cl. The Hall–Kier alpha value is -0.770. The van der Waals surface area contributed by atoms with Gasteiger partial charge in [0.25, 0.3) is 0 Å². The number of halogens is 2. The van der Waals surface area contributed by atoms with Gasteiger partial charge in [0.1, 0.15) is 0 Å². The topological polar surface area (TPSA) is 32.3 Å². The van der Waals surface area contributed by atoms with Crippen LogP contribution in [-0.2, 0) is 11.2 Å². The van der Waals surface area contributed by atoms with E-state index in [-0.39, 0.29) is 36.6 Å². The van der Waals surface area contributed by atoms with Crippen molar-refractivity contribution in [1.82, 2.24) is 10.2 Å². The molecule has 0 aliphatic carbocycles. The third kappa shape index (κ3) is 5.39. The predicted molar refractivity (Wildman–Crippen MR) is 83.3 cm³/mol. The Bertz CT molecular complexity index is 367. The van der Waals surface area contributed by atoms with Crippen LogP contribution in [0.1, 0.15) is 12.5 Å². The fourth-order valence-corrected chi connectivity index (χ4v) is 2.25. The molecule has 1 aromatic rings. The normalized spacial score (nSPS) is 15.9. The second-order valence-corrected chi connectivity index (χ2v) is 4.67. The lowest BCUT2D eigenvalue weighted by Crippen LogP contribution is -2.48. The van der Waals surface area contributed by atoms with Crippen molar-refractivity contribution < 1.29 is 4.79 Å². The molecule has 1 aromatic carbocycles. The number of amides is 1. The van der Waals surface area contributed by atoms with Crippen LogP contribution in [0.4, 0.5) is 0 Å². The van der Waals surface area contributed by atoms with E-state index in [2.05, 4.69) is 17.4 Å². The van der Waals surface area contributed by atoms with Crippen molar-refractivity contribution in [3.8, 4) is 0 Å². The van der Waals surface area contributed by atoms with Crippen molar-refractivity contribution in [3.63, 3.8) is 0 Å². The van der Waals surface area contributed by atoms with E-state index in [4.69, 9.17) is 0 Å². The second-order valence-electron chi connectivity index (χ2n) is 4.67. The van der Waals surface area contributed by atoms with E-state index in [1.807, 2.05) is 30.0 Å². The number of benzene rings is 1. The highest BCUT2D eigenvalue weighted by Crippen LogP contribution is 2.11. The molecule has 1 unspecified atom stereocenters. The third-order valence-electron chi connectivity index (χ3n) is 3.23. The van der Waals surface area contributed by atoms with Gasteiger partial charge in [-0.25, -0.2) is 0 Å². The van der Waals surface area contributed by atoms with Gasteiger partial charge in [-0.1, -0.05) is 37.3 Å². The predicted octanol–water partition coefficient (Wildman–Crippen LogP) is 2.14. The average molecular weight is 305 g/mol. The van der Waals surface area contributed by atoms with Crippen LogP contribution < -0.4 is 5.32 Å². The van der Waals surface area contributed by atoms with Gasteiger partial charge in [-0.2, -0.15) is 0 Å². The minimum atomic E-state index is 0. The highest BCUT2D eigenvalue weighted by molar-refractivity contribution is 5.85. The van der Waals surface area contributed by atoms with Gasteiger partial charge in [0.05, 0.1) is 0 Å². The van der Waals surface area contributed by atoms with Crippen LogP contribution in [0.3, 0.4) is 0 Å². The summed E-state index contributed by atoms with van der Waals surface area (Å²) in [7, 11) is 0.